The summed E-state index contributed by atoms with van der Waals surface area (Å²) < 4.78 is 1.29. The van der Waals surface area contributed by atoms with Crippen LogP contribution < -0.4 is 3.55 Å². The van der Waals surface area contributed by atoms with Gasteiger partial charge in [0, 0.05) is 0 Å². The second kappa shape index (κ2) is 2.00. The molecule has 32 valence electrons. The van der Waals surface area contributed by atoms with Gasteiger partial charge in [0.2, 0.25) is 0 Å². The molecule has 0 aliphatic carbocycles. The number of nitrogens with zero attached hydrogens (tertiary/aromatic N) is 1. The van der Waals surface area contributed by atoms with Crippen molar-refractivity contribution < 1.29 is 0 Å². The van der Waals surface area contributed by atoms with Gasteiger partial charge in [-0.1, -0.05) is 0 Å². The van der Waals surface area contributed by atoms with E-state index in [1.54, 1.807) is 11.3 Å². The van der Waals surface area contributed by atoms with Crippen molar-refractivity contribution in [3.63, 3.8) is 0 Å². The van der Waals surface area contributed by atoms with Gasteiger partial charge in [-0.25, -0.2) is 0 Å². The van der Waals surface area contributed by atoms with E-state index in [1.165, 1.54) is 3.55 Å². The third kappa shape index (κ3) is 1.31. The number of hydrogen-bond acceptors (Lipinski definition) is 2. The molecule has 1 nitrogen and oxygen atoms in total. The second-order valence-electron chi connectivity index (χ2n) is 1.49. The summed E-state index contributed by atoms with van der Waals surface area (Å²) >= 11 is 3.79. The van der Waals surface area contributed by atoms with E-state index in [2.05, 4.69) is 22.7 Å². The maximum atomic E-state index is 4.03. The van der Waals surface area contributed by atoms with Crippen molar-refractivity contribution in [2.45, 2.75) is 6.92 Å². The Morgan fingerprint density at radius 3 is 2.71 bits per heavy atom. The zero-order valence-electron chi connectivity index (χ0n) is 4.43. The number of aryl methyl sites for hydroxylation is 1. The fraction of sp³-hybridized carbons (Fsp3) is 0.250. The topological polar surface area (TPSA) is 12.9 Å². The molecule has 0 radical (unpaired) electrons. The van der Waals surface area contributed by atoms with Crippen molar-refractivity contribution >= 4 is 32.6 Å². The van der Waals surface area contributed by atoms with Gasteiger partial charge in [-0.2, -0.15) is 0 Å². The van der Waals surface area contributed by atoms with Gasteiger partial charge in [-0.3, -0.25) is 0 Å². The van der Waals surface area contributed by atoms with Crippen molar-refractivity contribution in [2.24, 2.45) is 0 Å². The summed E-state index contributed by atoms with van der Waals surface area (Å²) in [4.78, 5) is 4.03. The van der Waals surface area contributed by atoms with Crippen LogP contribution in [0.5, 0.6) is 0 Å². The fourth-order valence-electron chi connectivity index (χ4n) is 0.467. The van der Waals surface area contributed by atoms with E-state index in [0.717, 1.165) is 5.01 Å². The van der Waals surface area contributed by atoms with Crippen LogP contribution in [-0.2, 0) is 0 Å². The molecule has 1 rings (SSSR count). The maximum absolute atomic E-state index is 4.03. The van der Waals surface area contributed by atoms with Crippen LogP contribution in [0.15, 0.2) is 6.20 Å². The van der Waals surface area contributed by atoms with Crippen LogP contribution in [0, 0.1) is 6.92 Å². The molecule has 0 atom stereocenters. The Labute approximate surface area is 56.0 Å². The first-order valence-electron chi connectivity index (χ1n) is 2.18. The first-order chi connectivity index (χ1) is 3.29. The van der Waals surface area contributed by atoms with Crippen molar-refractivity contribution in [1.82, 2.24) is 4.98 Å². The number of thiazole rings is 1. The molecule has 7 heavy (non-hydrogen) atoms. The average molecular weight is 105 g/mol. The van der Waals surface area contributed by atoms with E-state index < -0.39 is 0 Å². The van der Waals surface area contributed by atoms with Gasteiger partial charge < -0.3 is 0 Å². The van der Waals surface area contributed by atoms with Gasteiger partial charge in [0.1, 0.15) is 0 Å². The van der Waals surface area contributed by atoms with E-state index >= 15 is 0 Å². The molecule has 0 fully saturated rings. The molecule has 0 aliphatic rings. The van der Waals surface area contributed by atoms with Gasteiger partial charge in [-0.05, 0) is 0 Å². The van der Waals surface area contributed by atoms with Gasteiger partial charge in [0.05, 0.1) is 0 Å². The van der Waals surface area contributed by atoms with Crippen molar-refractivity contribution in [3.8, 4) is 0 Å². The van der Waals surface area contributed by atoms with E-state index in [0.29, 0.717) is 0 Å². The average Bonchev–Trinajstić information content (AvgIpc) is 1.87. The van der Waals surface area contributed by atoms with Crippen molar-refractivity contribution in [2.75, 3.05) is 0 Å². The van der Waals surface area contributed by atoms with E-state index in [9.17, 15) is 0 Å². The minimum atomic E-state index is 1.15. The Hall–Kier alpha value is 0.227. The number of rotatable bonds is 0. The quantitative estimate of drug-likeness (QED) is 0.431. The zero-order valence-corrected chi connectivity index (χ0v) is 5.25. The Kier molecular flexibility index (Phi) is 1.53. The third-order valence-corrected chi connectivity index (χ3v) is 1.57. The Morgan fingerprint density at radius 2 is 2.57 bits per heavy atom. The fourth-order valence-corrected chi connectivity index (χ4v) is 1.14. The van der Waals surface area contributed by atoms with Crippen molar-refractivity contribution in [3.05, 3.63) is 11.2 Å². The molecular weight excluding hydrogens is 101 g/mol. The molecule has 1 aromatic heterocycles. The number of hydrogen-bond donors (Lipinski definition) is 0. The monoisotopic (exact) mass is 105 g/mol. The predicted molar refractivity (Wildman–Crippen MR) is 32.2 cm³/mol. The summed E-state index contributed by atoms with van der Waals surface area (Å²) in [6.45, 7) is 2.01. The Balaban J connectivity index is 3.04. The first-order valence-corrected chi connectivity index (χ1v) is 3.00. The predicted octanol–water partition coefficient (Wildman–Crippen LogP) is 0.245. The molecule has 0 amide bonds. The van der Waals surface area contributed by atoms with E-state index in [1.807, 2.05) is 13.1 Å². The van der Waals surface area contributed by atoms with Gasteiger partial charge in [0.15, 0.2) is 0 Å². The Morgan fingerprint density at radius 1 is 1.86 bits per heavy atom. The molecule has 1 heterocycles. The van der Waals surface area contributed by atoms with Gasteiger partial charge in [-0.15, -0.1) is 0 Å². The van der Waals surface area contributed by atoms with Crippen molar-refractivity contribution in [1.29, 1.82) is 0 Å². The molecular formula is C4H4LiNS. The van der Waals surface area contributed by atoms with Crippen LogP contribution in [0.1, 0.15) is 5.01 Å². The van der Waals surface area contributed by atoms with Crippen LogP contribution >= 0.6 is 11.3 Å². The second-order valence-corrected chi connectivity index (χ2v) is 2.93. The molecule has 0 saturated carbocycles. The molecule has 0 aromatic carbocycles. The van der Waals surface area contributed by atoms with Gasteiger partial charge in [0.25, 0.3) is 0 Å². The molecule has 0 bridgehead atoms. The molecule has 0 aliphatic heterocycles. The van der Waals surface area contributed by atoms with E-state index in [4.69, 9.17) is 0 Å². The van der Waals surface area contributed by atoms with Crippen LogP contribution in [0.4, 0.5) is 0 Å². The summed E-state index contributed by atoms with van der Waals surface area (Å²) in [6, 6.07) is 0. The zero-order chi connectivity index (χ0) is 5.28. The minimum absolute atomic E-state index is 1.15. The summed E-state index contributed by atoms with van der Waals surface area (Å²) in [5, 5.41) is 1.15. The van der Waals surface area contributed by atoms with Crippen LogP contribution in [0.3, 0.4) is 0 Å². The van der Waals surface area contributed by atoms with E-state index in [-0.39, 0.29) is 0 Å². The molecule has 1 aromatic rings. The standard InChI is InChI=1S/C4H4NS.Li/c1-4-5-2-3-6-4;/h2H,1H3;. The summed E-state index contributed by atoms with van der Waals surface area (Å²) in [5.74, 6) is 0. The SMILES string of the molecule is [Li][c]1cnc(C)s1. The van der Waals surface area contributed by atoms with Gasteiger partial charge >= 0.3 is 55.7 Å². The van der Waals surface area contributed by atoms with Crippen LogP contribution in [-0.4, -0.2) is 22.7 Å². The molecule has 0 saturated heterocycles. The normalized spacial score (nSPS) is 9.57. The van der Waals surface area contributed by atoms with Crippen LogP contribution in [0.2, 0.25) is 0 Å². The van der Waals surface area contributed by atoms with Crippen LogP contribution in [0.25, 0.3) is 0 Å². The Bertz CT molecular complexity index is 144. The molecule has 0 spiro atoms. The summed E-state index contributed by atoms with van der Waals surface area (Å²) in [7, 11) is 0. The molecule has 0 unspecified atom stereocenters. The first kappa shape index (κ1) is 5.37. The summed E-state index contributed by atoms with van der Waals surface area (Å²) in [6.07, 6.45) is 1.89. The summed E-state index contributed by atoms with van der Waals surface area (Å²) in [5.41, 5.74) is 0. The molecule has 3 heteroatoms. The molecule has 0 N–H and O–H groups in total. The third-order valence-electron chi connectivity index (χ3n) is 0.737. The number of aromatic nitrogens is 1.